The van der Waals surface area contributed by atoms with E-state index in [2.05, 4.69) is 87.6 Å². The van der Waals surface area contributed by atoms with Gasteiger partial charge in [0.2, 0.25) is 0 Å². The number of ether oxygens (including phenoxy) is 3. The van der Waals surface area contributed by atoms with Crippen LogP contribution in [0, 0.1) is 0 Å². The Labute approximate surface area is 433 Å². The van der Waals surface area contributed by atoms with Crippen LogP contribution in [0.15, 0.2) is 72.9 Å². The summed E-state index contributed by atoms with van der Waals surface area (Å²) in [5, 5.41) is 0. The molecule has 0 fully saturated rings. The summed E-state index contributed by atoms with van der Waals surface area (Å²) in [5.41, 5.74) is 0. The monoisotopic (exact) mass is 977 g/mol. The van der Waals surface area contributed by atoms with Crippen LogP contribution in [0.1, 0.15) is 297 Å². The van der Waals surface area contributed by atoms with Crippen molar-refractivity contribution in [3.05, 3.63) is 72.9 Å². The van der Waals surface area contributed by atoms with Crippen LogP contribution in [0.5, 0.6) is 0 Å². The van der Waals surface area contributed by atoms with Crippen molar-refractivity contribution in [3.8, 4) is 0 Å². The van der Waals surface area contributed by atoms with Crippen LogP contribution < -0.4 is 0 Å². The summed E-state index contributed by atoms with van der Waals surface area (Å²) in [5.74, 6) is -0.973. The molecule has 0 aromatic heterocycles. The molecule has 0 aliphatic heterocycles. The molecule has 0 heterocycles. The van der Waals surface area contributed by atoms with Gasteiger partial charge in [0.05, 0.1) is 0 Å². The van der Waals surface area contributed by atoms with Crippen LogP contribution in [0.3, 0.4) is 0 Å². The van der Waals surface area contributed by atoms with Crippen LogP contribution in [-0.4, -0.2) is 37.2 Å². The van der Waals surface area contributed by atoms with Gasteiger partial charge in [-0.2, -0.15) is 0 Å². The van der Waals surface area contributed by atoms with Crippen LogP contribution in [0.25, 0.3) is 0 Å². The van der Waals surface area contributed by atoms with Gasteiger partial charge in [0, 0.05) is 19.3 Å². The van der Waals surface area contributed by atoms with Gasteiger partial charge in [0.15, 0.2) is 6.10 Å². The summed E-state index contributed by atoms with van der Waals surface area (Å²) >= 11 is 0. The highest BCUT2D eigenvalue weighted by atomic mass is 16.6. The first-order valence-electron chi connectivity index (χ1n) is 29.9. The Morgan fingerprint density at radius 3 is 0.929 bits per heavy atom. The van der Waals surface area contributed by atoms with E-state index in [1.165, 1.54) is 186 Å². The molecule has 1 atom stereocenters. The second-order valence-corrected chi connectivity index (χ2v) is 19.9. The molecule has 0 rings (SSSR count). The van der Waals surface area contributed by atoms with E-state index in [1.54, 1.807) is 0 Å². The number of carbonyl (C=O) groups excluding carboxylic acids is 3. The molecule has 0 N–H and O–H groups in total. The zero-order valence-corrected chi connectivity index (χ0v) is 46.3. The second-order valence-electron chi connectivity index (χ2n) is 19.9. The molecule has 0 amide bonds. The van der Waals surface area contributed by atoms with Crippen molar-refractivity contribution < 1.29 is 28.6 Å². The number of carbonyl (C=O) groups is 3. The van der Waals surface area contributed by atoms with E-state index in [1.807, 2.05) is 6.08 Å². The third-order valence-corrected chi connectivity index (χ3v) is 12.9. The summed E-state index contributed by atoms with van der Waals surface area (Å²) in [7, 11) is 0. The van der Waals surface area contributed by atoms with E-state index >= 15 is 0 Å². The number of rotatable bonds is 54. The Bertz CT molecular complexity index is 1310. The lowest BCUT2D eigenvalue weighted by atomic mass is 10.0. The molecule has 0 aliphatic rings. The molecular formula is C64H112O6. The largest absolute Gasteiger partial charge is 0.462 e. The second kappa shape index (κ2) is 58.4. The molecule has 0 radical (unpaired) electrons. The van der Waals surface area contributed by atoms with E-state index in [4.69, 9.17) is 14.2 Å². The first-order chi connectivity index (χ1) is 34.5. The first kappa shape index (κ1) is 66.9. The van der Waals surface area contributed by atoms with Gasteiger partial charge in [0.1, 0.15) is 13.2 Å². The Morgan fingerprint density at radius 1 is 0.286 bits per heavy atom. The summed E-state index contributed by atoms with van der Waals surface area (Å²) in [4.78, 5) is 38.1. The van der Waals surface area contributed by atoms with Gasteiger partial charge in [-0.25, -0.2) is 0 Å². The van der Waals surface area contributed by atoms with Crippen molar-refractivity contribution in [2.24, 2.45) is 0 Å². The molecule has 0 aromatic rings. The van der Waals surface area contributed by atoms with Crippen molar-refractivity contribution >= 4 is 17.9 Å². The van der Waals surface area contributed by atoms with E-state index in [0.717, 1.165) is 64.2 Å². The Morgan fingerprint density at radius 2 is 0.543 bits per heavy atom. The first-order valence-corrected chi connectivity index (χ1v) is 29.9. The standard InChI is InChI=1S/C64H112O6/c1-4-7-10-13-16-19-22-25-27-29-31-32-34-36-38-40-43-45-48-51-54-57-63(66)69-60-61(70-64(67)58-55-52-49-46-41-24-21-18-15-12-9-6-3)59-68-62(65)56-53-50-47-44-42-39-37-35-33-30-28-26-23-20-17-14-11-8-5-2/h17,20,25-28,33,35,39,42,47,50,61H,4-16,18-19,21-24,29-32,34,36-38,40-41,43-46,48-49,51-60H2,1-3H3/b20-17-,27-25-,28-26-,35-33-,42-39-,50-47-/t61-/m1/s1. The molecule has 0 saturated carbocycles. The molecule has 0 aliphatic carbocycles. The molecule has 0 unspecified atom stereocenters. The summed E-state index contributed by atoms with van der Waals surface area (Å²) in [6, 6.07) is 0. The highest BCUT2D eigenvalue weighted by Gasteiger charge is 2.19. The molecule has 0 bridgehead atoms. The van der Waals surface area contributed by atoms with E-state index in [9.17, 15) is 14.4 Å². The van der Waals surface area contributed by atoms with Crippen LogP contribution in [0.2, 0.25) is 0 Å². The van der Waals surface area contributed by atoms with Crippen LogP contribution in [0.4, 0.5) is 0 Å². The Kier molecular flexibility index (Phi) is 55.8. The SMILES string of the molecule is CCCCC/C=C\C/C=C\C/C=C\C/C=C\C/C=C\CCC(=O)OC[C@H](COC(=O)CCCCCCCCCCCCC/C=C\CCCCCCCC)OC(=O)CCCCCCCCCCCCCC. The Balaban J connectivity index is 4.39. The lowest BCUT2D eigenvalue weighted by molar-refractivity contribution is -0.166. The van der Waals surface area contributed by atoms with E-state index in [-0.39, 0.29) is 37.5 Å². The maximum Gasteiger partial charge on any atom is 0.306 e. The summed E-state index contributed by atoms with van der Waals surface area (Å²) in [6.45, 7) is 6.57. The highest BCUT2D eigenvalue weighted by Crippen LogP contribution is 2.16. The summed E-state index contributed by atoms with van der Waals surface area (Å²) < 4.78 is 16.8. The molecule has 70 heavy (non-hydrogen) atoms. The van der Waals surface area contributed by atoms with Crippen molar-refractivity contribution in [2.75, 3.05) is 13.2 Å². The highest BCUT2D eigenvalue weighted by molar-refractivity contribution is 5.71. The molecule has 6 heteroatoms. The number of unbranched alkanes of at least 4 members (excludes halogenated alkanes) is 31. The molecule has 0 spiro atoms. The molecule has 6 nitrogen and oxygen atoms in total. The third-order valence-electron chi connectivity index (χ3n) is 12.9. The molecule has 0 saturated heterocycles. The van der Waals surface area contributed by atoms with Gasteiger partial charge < -0.3 is 14.2 Å². The lowest BCUT2D eigenvalue weighted by Gasteiger charge is -2.18. The zero-order chi connectivity index (χ0) is 50.7. The molecule has 404 valence electrons. The Hall–Kier alpha value is -3.15. The minimum Gasteiger partial charge on any atom is -0.462 e. The zero-order valence-electron chi connectivity index (χ0n) is 46.3. The van der Waals surface area contributed by atoms with Gasteiger partial charge >= 0.3 is 17.9 Å². The van der Waals surface area contributed by atoms with Crippen molar-refractivity contribution in [3.63, 3.8) is 0 Å². The van der Waals surface area contributed by atoms with Gasteiger partial charge in [0.25, 0.3) is 0 Å². The van der Waals surface area contributed by atoms with Crippen molar-refractivity contribution in [1.29, 1.82) is 0 Å². The third kappa shape index (κ3) is 55.8. The number of esters is 3. The minimum atomic E-state index is -0.803. The smallest absolute Gasteiger partial charge is 0.306 e. The van der Waals surface area contributed by atoms with E-state index in [0.29, 0.717) is 19.3 Å². The van der Waals surface area contributed by atoms with Gasteiger partial charge in [-0.3, -0.25) is 14.4 Å². The molecule has 0 aromatic carbocycles. The van der Waals surface area contributed by atoms with Gasteiger partial charge in [-0.15, -0.1) is 0 Å². The quantitative estimate of drug-likeness (QED) is 0.0261. The number of hydrogen-bond acceptors (Lipinski definition) is 6. The lowest BCUT2D eigenvalue weighted by Crippen LogP contribution is -2.30. The maximum absolute atomic E-state index is 12.8. The normalized spacial score (nSPS) is 12.6. The maximum atomic E-state index is 12.8. The predicted molar refractivity (Wildman–Crippen MR) is 302 cm³/mol. The average molecular weight is 978 g/mol. The van der Waals surface area contributed by atoms with Crippen molar-refractivity contribution in [2.45, 2.75) is 303 Å². The number of hydrogen-bond donors (Lipinski definition) is 0. The van der Waals surface area contributed by atoms with Crippen LogP contribution in [-0.2, 0) is 28.6 Å². The fourth-order valence-electron chi connectivity index (χ4n) is 8.42. The summed E-state index contributed by atoms with van der Waals surface area (Å²) in [6.07, 6.45) is 74.8. The van der Waals surface area contributed by atoms with E-state index < -0.39 is 6.10 Å². The molecular weight excluding hydrogens is 865 g/mol. The minimum absolute atomic E-state index is 0.0960. The van der Waals surface area contributed by atoms with Crippen LogP contribution >= 0.6 is 0 Å². The fourth-order valence-corrected chi connectivity index (χ4v) is 8.42. The predicted octanol–water partition coefficient (Wildman–Crippen LogP) is 20.2. The topological polar surface area (TPSA) is 78.9 Å². The fraction of sp³-hybridized carbons (Fsp3) is 0.766. The average Bonchev–Trinajstić information content (AvgIpc) is 3.36. The van der Waals surface area contributed by atoms with Gasteiger partial charge in [-0.1, -0.05) is 267 Å². The van der Waals surface area contributed by atoms with Gasteiger partial charge in [-0.05, 0) is 83.5 Å². The number of allylic oxidation sites excluding steroid dienone is 12. The van der Waals surface area contributed by atoms with Crippen molar-refractivity contribution in [1.82, 2.24) is 0 Å².